The average molecular weight is 365 g/mol. The van der Waals surface area contributed by atoms with Crippen molar-refractivity contribution < 1.29 is 9.90 Å². The first kappa shape index (κ1) is 14.5. The molecular weight excluding hydrogens is 350 g/mol. The second-order valence-electron chi connectivity index (χ2n) is 4.14. The van der Waals surface area contributed by atoms with Gasteiger partial charge in [-0.1, -0.05) is 29.8 Å². The summed E-state index contributed by atoms with van der Waals surface area (Å²) in [6, 6.07) is 4.76. The number of halogens is 2. The highest BCUT2D eigenvalue weighted by Crippen LogP contribution is 2.24. The highest BCUT2D eigenvalue weighted by atomic mass is 79.9. The van der Waals surface area contributed by atoms with Crippen LogP contribution in [-0.2, 0) is 0 Å². The molecule has 2 N–H and O–H groups in total. The van der Waals surface area contributed by atoms with Crippen molar-refractivity contribution in [2.24, 2.45) is 5.92 Å². The third-order valence-corrected chi connectivity index (χ3v) is 4.44. The molecule has 1 atom stereocenters. The van der Waals surface area contributed by atoms with Crippen LogP contribution in [0.25, 0.3) is 0 Å². The molecule has 3 nitrogen and oxygen atoms in total. The van der Waals surface area contributed by atoms with E-state index in [0.717, 1.165) is 0 Å². The second-order valence-corrected chi connectivity index (χ2v) is 6.17. The zero-order valence-electron chi connectivity index (χ0n) is 9.71. The zero-order valence-corrected chi connectivity index (χ0v) is 12.9. The normalized spacial score (nSPS) is 12.5. The van der Waals surface area contributed by atoms with Crippen molar-refractivity contribution in [1.82, 2.24) is 5.32 Å². The molecular formula is C12H15Br2NO2. The smallest absolute Gasteiger partial charge is 0.251 e. The van der Waals surface area contributed by atoms with E-state index in [4.69, 9.17) is 0 Å². The molecule has 1 unspecified atom stereocenters. The average Bonchev–Trinajstić information content (AvgIpc) is 2.28. The van der Waals surface area contributed by atoms with Crippen molar-refractivity contribution in [3.8, 4) is 5.75 Å². The Morgan fingerprint density at radius 3 is 2.65 bits per heavy atom. The number of carbonyl (C=O) groups excluding carboxylic acids is 1. The van der Waals surface area contributed by atoms with Crippen molar-refractivity contribution in [2.45, 2.75) is 18.7 Å². The number of rotatable bonds is 4. The number of phenolic OH excluding ortho intramolecular Hbond substituents is 1. The van der Waals surface area contributed by atoms with Gasteiger partial charge in [0.15, 0.2) is 0 Å². The van der Waals surface area contributed by atoms with E-state index in [0.29, 0.717) is 22.5 Å². The van der Waals surface area contributed by atoms with Crippen LogP contribution in [0.15, 0.2) is 22.7 Å². The molecule has 0 aromatic heterocycles. The first-order chi connectivity index (χ1) is 7.91. The fraction of sp³-hybridized carbons (Fsp3) is 0.417. The van der Waals surface area contributed by atoms with Gasteiger partial charge >= 0.3 is 0 Å². The highest BCUT2D eigenvalue weighted by molar-refractivity contribution is 9.10. The lowest BCUT2D eigenvalue weighted by atomic mass is 10.1. The molecule has 0 aliphatic heterocycles. The summed E-state index contributed by atoms with van der Waals surface area (Å²) in [4.78, 5) is 12.0. The number of amides is 1. The lowest BCUT2D eigenvalue weighted by molar-refractivity contribution is 0.0952. The van der Waals surface area contributed by atoms with Gasteiger partial charge in [0, 0.05) is 16.9 Å². The maximum Gasteiger partial charge on any atom is 0.251 e. The van der Waals surface area contributed by atoms with Gasteiger partial charge in [0.25, 0.3) is 5.91 Å². The number of benzene rings is 1. The second kappa shape index (κ2) is 6.40. The lowest BCUT2D eigenvalue weighted by Crippen LogP contribution is -2.31. The molecule has 1 amide bonds. The van der Waals surface area contributed by atoms with Gasteiger partial charge in [0.2, 0.25) is 0 Å². The molecule has 0 fully saturated rings. The summed E-state index contributed by atoms with van der Waals surface area (Å²) < 4.78 is 0.578. The van der Waals surface area contributed by atoms with Crippen molar-refractivity contribution >= 4 is 37.8 Å². The molecule has 0 radical (unpaired) electrons. The summed E-state index contributed by atoms with van der Waals surface area (Å²) in [7, 11) is 0. The van der Waals surface area contributed by atoms with Gasteiger partial charge in [-0.15, -0.1) is 0 Å². The fourth-order valence-electron chi connectivity index (χ4n) is 1.18. The molecule has 0 heterocycles. The van der Waals surface area contributed by atoms with Crippen LogP contribution < -0.4 is 5.32 Å². The van der Waals surface area contributed by atoms with E-state index < -0.39 is 0 Å². The largest absolute Gasteiger partial charge is 0.507 e. The number of nitrogens with one attached hydrogen (secondary N) is 1. The van der Waals surface area contributed by atoms with Crippen LogP contribution >= 0.6 is 31.9 Å². The van der Waals surface area contributed by atoms with Crippen molar-refractivity contribution in [3.05, 3.63) is 28.2 Å². The van der Waals surface area contributed by atoms with E-state index >= 15 is 0 Å². The SMILES string of the molecule is CC(C)C(Br)CNC(=O)c1ccc(Br)c(O)c1. The van der Waals surface area contributed by atoms with Gasteiger partial charge in [0.05, 0.1) is 4.47 Å². The third-order valence-electron chi connectivity index (χ3n) is 2.39. The Morgan fingerprint density at radius 1 is 1.47 bits per heavy atom. The molecule has 17 heavy (non-hydrogen) atoms. The van der Waals surface area contributed by atoms with E-state index in [1.54, 1.807) is 12.1 Å². The molecule has 0 bridgehead atoms. The predicted octanol–water partition coefficient (Wildman–Crippen LogP) is 3.30. The zero-order chi connectivity index (χ0) is 13.0. The van der Waals surface area contributed by atoms with Gasteiger partial charge in [-0.25, -0.2) is 0 Å². The Hall–Kier alpha value is -0.550. The van der Waals surface area contributed by atoms with E-state index in [1.165, 1.54) is 6.07 Å². The number of hydrogen-bond acceptors (Lipinski definition) is 2. The van der Waals surface area contributed by atoms with E-state index in [-0.39, 0.29) is 16.5 Å². The highest BCUT2D eigenvalue weighted by Gasteiger charge is 2.12. The van der Waals surface area contributed by atoms with Crippen LogP contribution in [0.4, 0.5) is 0 Å². The Morgan fingerprint density at radius 2 is 2.12 bits per heavy atom. The number of aromatic hydroxyl groups is 1. The standard InChI is InChI=1S/C12H15Br2NO2/c1-7(2)10(14)6-15-12(17)8-3-4-9(13)11(16)5-8/h3-5,7,10,16H,6H2,1-2H3,(H,15,17). The minimum Gasteiger partial charge on any atom is -0.507 e. The van der Waals surface area contributed by atoms with E-state index in [9.17, 15) is 9.90 Å². The summed E-state index contributed by atoms with van der Waals surface area (Å²) >= 11 is 6.67. The van der Waals surface area contributed by atoms with E-state index in [1.807, 2.05) is 0 Å². The van der Waals surface area contributed by atoms with Gasteiger partial charge in [0.1, 0.15) is 5.75 Å². The number of alkyl halides is 1. The van der Waals surface area contributed by atoms with Crippen LogP contribution in [-0.4, -0.2) is 22.4 Å². The molecule has 0 saturated carbocycles. The predicted molar refractivity (Wildman–Crippen MR) is 75.7 cm³/mol. The Bertz CT molecular complexity index is 407. The number of carbonyl (C=O) groups is 1. The molecule has 5 heteroatoms. The minimum absolute atomic E-state index is 0.0666. The molecule has 0 saturated heterocycles. The van der Waals surface area contributed by atoms with Crippen molar-refractivity contribution in [1.29, 1.82) is 0 Å². The number of phenols is 1. The fourth-order valence-corrected chi connectivity index (χ4v) is 1.59. The maximum atomic E-state index is 11.8. The first-order valence-electron chi connectivity index (χ1n) is 5.32. The Kier molecular flexibility index (Phi) is 5.46. The van der Waals surface area contributed by atoms with Crippen LogP contribution in [0.5, 0.6) is 5.75 Å². The van der Waals surface area contributed by atoms with Crippen LogP contribution in [0, 0.1) is 5.92 Å². The van der Waals surface area contributed by atoms with Crippen molar-refractivity contribution in [3.63, 3.8) is 0 Å². The monoisotopic (exact) mass is 363 g/mol. The van der Waals surface area contributed by atoms with E-state index in [2.05, 4.69) is 51.0 Å². The maximum absolute atomic E-state index is 11.8. The molecule has 94 valence electrons. The number of hydrogen-bond donors (Lipinski definition) is 2. The minimum atomic E-state index is -0.182. The molecule has 0 aliphatic carbocycles. The van der Waals surface area contributed by atoms with Crippen LogP contribution in [0.3, 0.4) is 0 Å². The first-order valence-corrected chi connectivity index (χ1v) is 7.03. The summed E-state index contributed by atoms with van der Waals surface area (Å²) in [6.07, 6.45) is 0. The topological polar surface area (TPSA) is 49.3 Å². The van der Waals surface area contributed by atoms with Gasteiger partial charge in [-0.3, -0.25) is 4.79 Å². The van der Waals surface area contributed by atoms with Gasteiger partial charge in [-0.2, -0.15) is 0 Å². The molecule has 0 spiro atoms. The molecule has 0 aliphatic rings. The van der Waals surface area contributed by atoms with Gasteiger partial charge in [-0.05, 0) is 40.0 Å². The summed E-state index contributed by atoms with van der Waals surface area (Å²) in [5.41, 5.74) is 0.453. The van der Waals surface area contributed by atoms with Gasteiger partial charge < -0.3 is 10.4 Å². The van der Waals surface area contributed by atoms with Crippen molar-refractivity contribution in [2.75, 3.05) is 6.54 Å². The molecule has 1 aromatic carbocycles. The molecule has 1 rings (SSSR count). The summed E-state index contributed by atoms with van der Waals surface area (Å²) in [5.74, 6) is 0.337. The summed E-state index contributed by atoms with van der Waals surface area (Å²) in [5, 5.41) is 12.3. The lowest BCUT2D eigenvalue weighted by Gasteiger charge is -2.14. The van der Waals surface area contributed by atoms with Crippen LogP contribution in [0.1, 0.15) is 24.2 Å². The molecule has 1 aromatic rings. The third kappa shape index (κ3) is 4.32. The Labute approximate surface area is 118 Å². The summed E-state index contributed by atoms with van der Waals surface area (Å²) in [6.45, 7) is 4.72. The Balaban J connectivity index is 2.61. The quantitative estimate of drug-likeness (QED) is 0.805. The van der Waals surface area contributed by atoms with Crippen LogP contribution in [0.2, 0.25) is 0 Å².